The summed E-state index contributed by atoms with van der Waals surface area (Å²) in [5.74, 6) is 3.07. The van der Waals surface area contributed by atoms with Crippen LogP contribution in [0.25, 0.3) is 0 Å². The zero-order valence-electron chi connectivity index (χ0n) is 18.5. The third kappa shape index (κ3) is 3.07. The van der Waals surface area contributed by atoms with Crippen molar-refractivity contribution < 1.29 is 5.11 Å². The number of aliphatic hydroxyl groups is 1. The van der Waals surface area contributed by atoms with Gasteiger partial charge in [0.05, 0.1) is 6.10 Å². The lowest BCUT2D eigenvalue weighted by Gasteiger charge is -2.55. The molecule has 1 nitrogen and oxygen atoms in total. The van der Waals surface area contributed by atoms with Gasteiger partial charge in [0.2, 0.25) is 0 Å². The summed E-state index contributed by atoms with van der Waals surface area (Å²) in [6, 6.07) is 11.1. The van der Waals surface area contributed by atoms with E-state index >= 15 is 0 Å². The van der Waals surface area contributed by atoms with Crippen molar-refractivity contribution in [2.45, 2.75) is 78.2 Å². The van der Waals surface area contributed by atoms with Crippen LogP contribution in [0.2, 0.25) is 0 Å². The van der Waals surface area contributed by atoms with Crippen LogP contribution in [0.15, 0.2) is 53.6 Å². The van der Waals surface area contributed by atoms with Gasteiger partial charge in [0.1, 0.15) is 0 Å². The van der Waals surface area contributed by atoms with Crippen molar-refractivity contribution in [3.63, 3.8) is 0 Å². The van der Waals surface area contributed by atoms with E-state index in [0.29, 0.717) is 10.8 Å². The lowest BCUT2D eigenvalue weighted by Crippen LogP contribution is -2.46. The van der Waals surface area contributed by atoms with Crippen LogP contribution in [0.4, 0.5) is 0 Å². The zero-order chi connectivity index (χ0) is 20.2. The Hall–Kier alpha value is -1.34. The topological polar surface area (TPSA) is 20.2 Å². The third-order valence-corrected chi connectivity index (χ3v) is 9.71. The summed E-state index contributed by atoms with van der Waals surface area (Å²) < 4.78 is 0. The molecule has 1 aromatic carbocycles. The Bertz CT molecular complexity index is 820. The number of rotatable bonds is 3. The number of hydrogen-bond donors (Lipinski definition) is 1. The maximum atomic E-state index is 10.2. The van der Waals surface area contributed by atoms with Crippen molar-refractivity contribution in [2.24, 2.45) is 34.5 Å². The summed E-state index contributed by atoms with van der Waals surface area (Å²) in [5, 5.41) is 10.2. The fourth-order valence-electron chi connectivity index (χ4n) is 8.09. The van der Waals surface area contributed by atoms with Crippen molar-refractivity contribution in [3.05, 3.63) is 59.2 Å². The summed E-state index contributed by atoms with van der Waals surface area (Å²) in [5.41, 5.74) is 5.57. The number of hydrogen-bond acceptors (Lipinski definition) is 1. The Morgan fingerprint density at radius 1 is 0.966 bits per heavy atom. The van der Waals surface area contributed by atoms with Gasteiger partial charge in [-0.25, -0.2) is 0 Å². The van der Waals surface area contributed by atoms with Gasteiger partial charge >= 0.3 is 0 Å². The van der Waals surface area contributed by atoms with Crippen LogP contribution in [0.1, 0.15) is 71.3 Å². The molecule has 4 aliphatic carbocycles. The van der Waals surface area contributed by atoms with Crippen LogP contribution in [0.5, 0.6) is 0 Å². The quantitative estimate of drug-likeness (QED) is 0.607. The molecule has 29 heavy (non-hydrogen) atoms. The van der Waals surface area contributed by atoms with Gasteiger partial charge in [0, 0.05) is 0 Å². The van der Waals surface area contributed by atoms with Gasteiger partial charge < -0.3 is 5.11 Å². The van der Waals surface area contributed by atoms with E-state index in [0.717, 1.165) is 36.5 Å². The van der Waals surface area contributed by atoms with Gasteiger partial charge in [0.25, 0.3) is 0 Å². The second-order valence-electron chi connectivity index (χ2n) is 11.2. The SMILES string of the molecule is C[C@H](Cc1ccccc1)[C@H]1CC[C@H]2C3=CC=C4C[C@@H](O)CC[C@]4(C)[C@H]3CC[C@]12C. The molecule has 0 unspecified atom stereocenters. The molecule has 0 spiro atoms. The molecule has 0 heterocycles. The summed E-state index contributed by atoms with van der Waals surface area (Å²) in [7, 11) is 0. The molecule has 1 aromatic rings. The van der Waals surface area contributed by atoms with E-state index in [1.54, 1.807) is 5.57 Å². The largest absolute Gasteiger partial charge is 0.393 e. The van der Waals surface area contributed by atoms with E-state index in [4.69, 9.17) is 0 Å². The highest BCUT2D eigenvalue weighted by atomic mass is 16.3. The van der Waals surface area contributed by atoms with E-state index in [2.05, 4.69) is 63.3 Å². The standard InChI is InChI=1S/C28H38O/c1-19(17-20-7-5-4-6-8-20)24-11-12-25-23-10-9-21-18-22(29)13-15-27(21,2)26(23)14-16-28(24,25)3/h4-10,19,22,24-26,29H,11-18H2,1-3H3/t19-,22+,24-,25+,26+,27+,28-/m1/s1. The van der Waals surface area contributed by atoms with Gasteiger partial charge in [-0.15, -0.1) is 0 Å². The molecule has 4 aliphatic rings. The predicted molar refractivity (Wildman–Crippen MR) is 120 cm³/mol. The molecule has 0 aromatic heterocycles. The molecule has 1 N–H and O–H groups in total. The highest BCUT2D eigenvalue weighted by Crippen LogP contribution is 2.66. The molecule has 1 heteroatoms. The predicted octanol–water partition coefficient (Wildman–Crippen LogP) is 6.73. The third-order valence-electron chi connectivity index (χ3n) is 9.71. The van der Waals surface area contributed by atoms with E-state index < -0.39 is 0 Å². The van der Waals surface area contributed by atoms with Crippen LogP contribution in [0, 0.1) is 34.5 Å². The normalized spacial score (nSPS) is 42.2. The molecule has 3 saturated carbocycles. The minimum Gasteiger partial charge on any atom is -0.393 e. The van der Waals surface area contributed by atoms with Crippen molar-refractivity contribution in [1.29, 1.82) is 0 Å². The van der Waals surface area contributed by atoms with E-state index in [1.165, 1.54) is 49.7 Å². The molecule has 5 rings (SSSR count). The van der Waals surface area contributed by atoms with Gasteiger partial charge in [-0.2, -0.15) is 0 Å². The molecular weight excluding hydrogens is 352 g/mol. The first-order chi connectivity index (χ1) is 13.9. The van der Waals surface area contributed by atoms with Crippen LogP contribution < -0.4 is 0 Å². The monoisotopic (exact) mass is 390 g/mol. The molecule has 0 aliphatic heterocycles. The molecule has 7 atom stereocenters. The Kier molecular flexibility index (Phi) is 4.81. The van der Waals surface area contributed by atoms with Gasteiger partial charge in [-0.05, 0) is 91.4 Å². The average Bonchev–Trinajstić information content (AvgIpc) is 3.06. The first kappa shape index (κ1) is 19.6. The number of allylic oxidation sites excluding steroid dienone is 3. The second kappa shape index (κ2) is 7.12. The van der Waals surface area contributed by atoms with Gasteiger partial charge in [-0.3, -0.25) is 0 Å². The highest BCUT2D eigenvalue weighted by molar-refractivity contribution is 5.39. The van der Waals surface area contributed by atoms with Crippen molar-refractivity contribution >= 4 is 0 Å². The summed E-state index contributed by atoms with van der Waals surface area (Å²) in [6.07, 6.45) is 14.6. The molecule has 156 valence electrons. The van der Waals surface area contributed by atoms with Crippen molar-refractivity contribution in [1.82, 2.24) is 0 Å². The number of benzene rings is 1. The second-order valence-corrected chi connectivity index (χ2v) is 11.2. The fraction of sp³-hybridized carbons (Fsp3) is 0.643. The maximum Gasteiger partial charge on any atom is 0.0578 e. The Morgan fingerprint density at radius 3 is 2.55 bits per heavy atom. The summed E-state index contributed by atoms with van der Waals surface area (Å²) in [6.45, 7) is 7.64. The summed E-state index contributed by atoms with van der Waals surface area (Å²) in [4.78, 5) is 0. The van der Waals surface area contributed by atoms with E-state index in [-0.39, 0.29) is 6.10 Å². The first-order valence-electron chi connectivity index (χ1n) is 12.0. The Balaban J connectivity index is 1.40. The van der Waals surface area contributed by atoms with E-state index in [1.807, 2.05) is 0 Å². The smallest absolute Gasteiger partial charge is 0.0578 e. The van der Waals surface area contributed by atoms with Crippen LogP contribution >= 0.6 is 0 Å². The van der Waals surface area contributed by atoms with E-state index in [9.17, 15) is 5.11 Å². The lowest BCUT2D eigenvalue weighted by molar-refractivity contribution is 0.0337. The van der Waals surface area contributed by atoms with Crippen LogP contribution in [0.3, 0.4) is 0 Å². The Labute approximate surface area is 177 Å². The van der Waals surface area contributed by atoms with Crippen molar-refractivity contribution in [2.75, 3.05) is 0 Å². The maximum absolute atomic E-state index is 10.2. The lowest BCUT2D eigenvalue weighted by atomic mass is 9.50. The van der Waals surface area contributed by atoms with Gasteiger partial charge in [0.15, 0.2) is 0 Å². The molecule has 0 bridgehead atoms. The van der Waals surface area contributed by atoms with Crippen LogP contribution in [-0.2, 0) is 6.42 Å². The molecule has 3 fully saturated rings. The van der Waals surface area contributed by atoms with Crippen molar-refractivity contribution in [3.8, 4) is 0 Å². The highest BCUT2D eigenvalue weighted by Gasteiger charge is 2.56. The molecule has 0 radical (unpaired) electrons. The van der Waals surface area contributed by atoms with Gasteiger partial charge in [-0.1, -0.05) is 74.4 Å². The Morgan fingerprint density at radius 2 is 1.76 bits per heavy atom. The minimum atomic E-state index is -0.118. The first-order valence-corrected chi connectivity index (χ1v) is 12.0. The van der Waals surface area contributed by atoms with Crippen LogP contribution in [-0.4, -0.2) is 11.2 Å². The number of fused-ring (bicyclic) bond motifs is 5. The summed E-state index contributed by atoms with van der Waals surface area (Å²) >= 11 is 0. The molecule has 0 amide bonds. The average molecular weight is 391 g/mol. The molecular formula is C28H38O. The number of aliphatic hydroxyl groups excluding tert-OH is 1. The zero-order valence-corrected chi connectivity index (χ0v) is 18.5. The molecule has 0 saturated heterocycles. The fourth-order valence-corrected chi connectivity index (χ4v) is 8.09. The minimum absolute atomic E-state index is 0.118.